The van der Waals surface area contributed by atoms with Gasteiger partial charge in [0.15, 0.2) is 0 Å². The van der Waals surface area contributed by atoms with Gasteiger partial charge in [-0.3, -0.25) is 4.79 Å². The van der Waals surface area contributed by atoms with E-state index in [1.54, 1.807) is 7.05 Å². The largest absolute Gasteiger partial charge is 0.377 e. The van der Waals surface area contributed by atoms with Crippen molar-refractivity contribution in [2.45, 2.75) is 26.4 Å². The van der Waals surface area contributed by atoms with Gasteiger partial charge in [0.25, 0.3) is 0 Å². The van der Waals surface area contributed by atoms with E-state index in [0.29, 0.717) is 13.2 Å². The molecule has 1 atom stereocenters. The van der Waals surface area contributed by atoms with Crippen molar-refractivity contribution in [2.75, 3.05) is 38.3 Å². The molecular weight excluding hydrogens is 266 g/mol. The molecule has 1 amide bonds. The van der Waals surface area contributed by atoms with Crippen molar-refractivity contribution >= 4 is 11.6 Å². The maximum Gasteiger partial charge on any atom is 0.244 e. The molecule has 0 spiro atoms. The number of morpholine rings is 1. The van der Waals surface area contributed by atoms with E-state index >= 15 is 0 Å². The van der Waals surface area contributed by atoms with Gasteiger partial charge in [0, 0.05) is 25.8 Å². The monoisotopic (exact) mass is 291 g/mol. The summed E-state index contributed by atoms with van der Waals surface area (Å²) in [4.78, 5) is 14.1. The second kappa shape index (κ2) is 7.43. The van der Waals surface area contributed by atoms with Crippen LogP contribution in [0.4, 0.5) is 5.69 Å². The average molecular weight is 291 g/mol. The van der Waals surface area contributed by atoms with Crippen LogP contribution in [0.25, 0.3) is 0 Å². The molecule has 2 N–H and O–H groups in total. The predicted octanol–water partition coefficient (Wildman–Crippen LogP) is 1.06. The van der Waals surface area contributed by atoms with Gasteiger partial charge in [-0.25, -0.2) is 0 Å². The summed E-state index contributed by atoms with van der Waals surface area (Å²) in [6, 6.07) is 6.15. The molecule has 0 saturated carbocycles. The van der Waals surface area contributed by atoms with Gasteiger partial charge in [0.05, 0.1) is 13.2 Å². The quantitative estimate of drug-likeness (QED) is 0.851. The molecule has 0 bridgehead atoms. The summed E-state index contributed by atoms with van der Waals surface area (Å²) in [6.07, 6.45) is 0. The molecule has 1 aromatic carbocycles. The van der Waals surface area contributed by atoms with Crippen molar-refractivity contribution < 1.29 is 9.53 Å². The lowest BCUT2D eigenvalue weighted by atomic mass is 10.1. The Kier molecular flexibility index (Phi) is 5.59. The minimum Gasteiger partial charge on any atom is -0.377 e. The standard InChI is InChI=1S/C16H25N3O2/c1-4-18-10-13-5-6-14(9-12(13)2)19-7-8-21-11-15(19)16(20)17-3/h5-6,9,15,18H,4,7-8,10-11H2,1-3H3,(H,17,20). The first-order chi connectivity index (χ1) is 10.2. The van der Waals surface area contributed by atoms with Gasteiger partial charge in [-0.05, 0) is 36.7 Å². The third kappa shape index (κ3) is 3.74. The highest BCUT2D eigenvalue weighted by Gasteiger charge is 2.29. The van der Waals surface area contributed by atoms with E-state index in [-0.39, 0.29) is 11.9 Å². The lowest BCUT2D eigenvalue weighted by Crippen LogP contribution is -2.53. The number of rotatable bonds is 5. The maximum atomic E-state index is 12.0. The zero-order valence-corrected chi connectivity index (χ0v) is 13.1. The van der Waals surface area contributed by atoms with Crippen LogP contribution in [0.2, 0.25) is 0 Å². The maximum absolute atomic E-state index is 12.0. The summed E-state index contributed by atoms with van der Waals surface area (Å²) in [7, 11) is 1.67. The number of aryl methyl sites for hydroxylation is 1. The fraction of sp³-hybridized carbons (Fsp3) is 0.562. The molecule has 21 heavy (non-hydrogen) atoms. The third-order valence-corrected chi connectivity index (χ3v) is 3.90. The van der Waals surface area contributed by atoms with Crippen molar-refractivity contribution in [3.63, 3.8) is 0 Å². The Morgan fingerprint density at radius 3 is 2.95 bits per heavy atom. The minimum absolute atomic E-state index is 0.00378. The molecule has 0 aliphatic carbocycles. The van der Waals surface area contributed by atoms with Crippen LogP contribution in [0.5, 0.6) is 0 Å². The summed E-state index contributed by atoms with van der Waals surface area (Å²) >= 11 is 0. The average Bonchev–Trinajstić information content (AvgIpc) is 2.53. The van der Waals surface area contributed by atoms with Gasteiger partial charge >= 0.3 is 0 Å². The van der Waals surface area contributed by atoms with Crippen molar-refractivity contribution in [3.05, 3.63) is 29.3 Å². The van der Waals surface area contributed by atoms with E-state index in [1.165, 1.54) is 11.1 Å². The Labute approximate surface area is 126 Å². The van der Waals surface area contributed by atoms with Gasteiger partial charge in [0.2, 0.25) is 5.91 Å². The Hall–Kier alpha value is -1.59. The van der Waals surface area contributed by atoms with Gasteiger partial charge < -0.3 is 20.3 Å². The highest BCUT2D eigenvalue weighted by Crippen LogP contribution is 2.23. The Morgan fingerprint density at radius 2 is 2.29 bits per heavy atom. The summed E-state index contributed by atoms with van der Waals surface area (Å²) in [5.41, 5.74) is 3.63. The van der Waals surface area contributed by atoms with Gasteiger partial charge in [-0.1, -0.05) is 13.0 Å². The molecular formula is C16H25N3O2. The van der Waals surface area contributed by atoms with Crippen LogP contribution < -0.4 is 15.5 Å². The number of nitrogens with one attached hydrogen (secondary N) is 2. The molecule has 2 rings (SSSR count). The Balaban J connectivity index is 2.19. The fourth-order valence-electron chi connectivity index (χ4n) is 2.61. The molecule has 1 unspecified atom stereocenters. The number of hydrogen-bond donors (Lipinski definition) is 2. The Morgan fingerprint density at radius 1 is 1.48 bits per heavy atom. The van der Waals surface area contributed by atoms with Crippen LogP contribution in [0, 0.1) is 6.92 Å². The van der Waals surface area contributed by atoms with Crippen LogP contribution in [0.15, 0.2) is 18.2 Å². The number of nitrogens with zero attached hydrogens (tertiary/aromatic N) is 1. The van der Waals surface area contributed by atoms with Gasteiger partial charge in [-0.2, -0.15) is 0 Å². The molecule has 1 aromatic rings. The topological polar surface area (TPSA) is 53.6 Å². The van der Waals surface area contributed by atoms with Crippen LogP contribution in [-0.2, 0) is 16.1 Å². The fourth-order valence-corrected chi connectivity index (χ4v) is 2.61. The first-order valence-corrected chi connectivity index (χ1v) is 7.53. The number of likely N-dealkylation sites (N-methyl/N-ethyl adjacent to an activating group) is 1. The van der Waals surface area contributed by atoms with Crippen molar-refractivity contribution in [1.29, 1.82) is 0 Å². The van der Waals surface area contributed by atoms with E-state index in [4.69, 9.17) is 4.74 Å². The summed E-state index contributed by atoms with van der Waals surface area (Å²) < 4.78 is 5.45. The summed E-state index contributed by atoms with van der Waals surface area (Å²) in [5.74, 6) is 0.00378. The molecule has 1 aliphatic heterocycles. The minimum atomic E-state index is -0.247. The number of carbonyl (C=O) groups excluding carboxylic acids is 1. The molecule has 1 fully saturated rings. The van der Waals surface area contributed by atoms with E-state index in [0.717, 1.165) is 25.3 Å². The summed E-state index contributed by atoms with van der Waals surface area (Å²) in [5, 5.41) is 6.06. The highest BCUT2D eigenvalue weighted by molar-refractivity contribution is 5.85. The van der Waals surface area contributed by atoms with Gasteiger partial charge in [-0.15, -0.1) is 0 Å². The molecule has 1 heterocycles. The SMILES string of the molecule is CCNCc1ccc(N2CCOCC2C(=O)NC)cc1C. The zero-order valence-electron chi connectivity index (χ0n) is 13.1. The molecule has 5 heteroatoms. The first kappa shape index (κ1) is 15.8. The third-order valence-electron chi connectivity index (χ3n) is 3.90. The van der Waals surface area contributed by atoms with Crippen LogP contribution in [-0.4, -0.2) is 45.3 Å². The highest BCUT2D eigenvalue weighted by atomic mass is 16.5. The molecule has 0 aromatic heterocycles. The summed E-state index contributed by atoms with van der Waals surface area (Å²) in [6.45, 7) is 7.90. The van der Waals surface area contributed by atoms with E-state index in [2.05, 4.69) is 47.6 Å². The van der Waals surface area contributed by atoms with Crippen molar-refractivity contribution in [3.8, 4) is 0 Å². The van der Waals surface area contributed by atoms with Crippen molar-refractivity contribution in [1.82, 2.24) is 10.6 Å². The molecule has 1 saturated heterocycles. The number of carbonyl (C=O) groups is 1. The second-order valence-corrected chi connectivity index (χ2v) is 5.29. The number of ether oxygens (including phenoxy) is 1. The van der Waals surface area contributed by atoms with E-state index in [1.807, 2.05) is 0 Å². The lowest BCUT2D eigenvalue weighted by Gasteiger charge is -2.36. The Bertz CT molecular complexity index is 490. The van der Waals surface area contributed by atoms with E-state index in [9.17, 15) is 4.79 Å². The van der Waals surface area contributed by atoms with Crippen LogP contribution >= 0.6 is 0 Å². The second-order valence-electron chi connectivity index (χ2n) is 5.29. The molecule has 0 radical (unpaired) electrons. The molecule has 1 aliphatic rings. The van der Waals surface area contributed by atoms with Crippen LogP contribution in [0.3, 0.4) is 0 Å². The number of amides is 1. The lowest BCUT2D eigenvalue weighted by molar-refractivity contribution is -0.124. The number of hydrogen-bond acceptors (Lipinski definition) is 4. The molecule has 5 nitrogen and oxygen atoms in total. The molecule has 116 valence electrons. The van der Waals surface area contributed by atoms with Gasteiger partial charge in [0.1, 0.15) is 6.04 Å². The van der Waals surface area contributed by atoms with E-state index < -0.39 is 0 Å². The normalized spacial score (nSPS) is 18.6. The predicted molar refractivity (Wildman–Crippen MR) is 84.6 cm³/mol. The number of benzene rings is 1. The number of anilines is 1. The smallest absolute Gasteiger partial charge is 0.244 e. The first-order valence-electron chi connectivity index (χ1n) is 7.53. The van der Waals surface area contributed by atoms with Crippen LogP contribution in [0.1, 0.15) is 18.1 Å². The van der Waals surface area contributed by atoms with Crippen molar-refractivity contribution in [2.24, 2.45) is 0 Å². The zero-order chi connectivity index (χ0) is 15.2.